The molecule has 0 unspecified atom stereocenters. The van der Waals surface area contributed by atoms with E-state index in [1.54, 1.807) is 18.2 Å². The van der Waals surface area contributed by atoms with Crippen LogP contribution < -0.4 is 0 Å². The van der Waals surface area contributed by atoms with Crippen molar-refractivity contribution in [1.29, 1.82) is 0 Å². The van der Waals surface area contributed by atoms with Crippen LogP contribution in [0.1, 0.15) is 27.5 Å². The predicted molar refractivity (Wildman–Crippen MR) is 79.2 cm³/mol. The van der Waals surface area contributed by atoms with E-state index in [0.717, 1.165) is 6.08 Å². The molecular formula is C16H12FN3O3. The molecule has 0 fully saturated rings. The minimum absolute atomic E-state index is 0.0439. The summed E-state index contributed by atoms with van der Waals surface area (Å²) < 4.78 is 18.8. The fraction of sp³-hybridized carbons (Fsp3) is 0.0625. The number of nitrogens with zero attached hydrogens (tertiary/aromatic N) is 2. The van der Waals surface area contributed by atoms with E-state index in [9.17, 15) is 14.3 Å². The van der Waals surface area contributed by atoms with Gasteiger partial charge in [0.05, 0.1) is 6.26 Å². The molecule has 0 atom stereocenters. The molecule has 0 aliphatic carbocycles. The lowest BCUT2D eigenvalue weighted by molar-refractivity contribution is 0.102. The maximum Gasteiger partial charge on any atom is 0.224 e. The summed E-state index contributed by atoms with van der Waals surface area (Å²) in [6.45, 7) is 0. The van der Waals surface area contributed by atoms with Gasteiger partial charge in [0.1, 0.15) is 12.1 Å². The van der Waals surface area contributed by atoms with E-state index in [-0.39, 0.29) is 23.2 Å². The van der Waals surface area contributed by atoms with Crippen molar-refractivity contribution in [3.63, 3.8) is 0 Å². The largest absolute Gasteiger partial charge is 0.504 e. The molecule has 6 nitrogen and oxygen atoms in total. The van der Waals surface area contributed by atoms with Crippen LogP contribution >= 0.6 is 0 Å². The Morgan fingerprint density at radius 2 is 2.22 bits per heavy atom. The maximum atomic E-state index is 13.6. The zero-order valence-corrected chi connectivity index (χ0v) is 11.9. The molecule has 0 radical (unpaired) electrons. The lowest BCUT2D eigenvalue weighted by Gasteiger charge is -1.99. The summed E-state index contributed by atoms with van der Waals surface area (Å²) in [6, 6.07) is 7.90. The highest BCUT2D eigenvalue weighted by atomic mass is 19.1. The lowest BCUT2D eigenvalue weighted by Crippen LogP contribution is -1.96. The molecule has 7 heteroatoms. The van der Waals surface area contributed by atoms with Crippen LogP contribution in [0.25, 0.3) is 5.76 Å². The number of aromatic amines is 1. The number of aromatic nitrogens is 3. The van der Waals surface area contributed by atoms with Crippen LogP contribution in [0.4, 0.5) is 4.39 Å². The molecule has 3 aromatic rings. The minimum Gasteiger partial charge on any atom is -0.504 e. The number of aliphatic hydroxyl groups is 1. The number of furan rings is 1. The Hall–Kier alpha value is -3.22. The van der Waals surface area contributed by atoms with Gasteiger partial charge in [-0.1, -0.05) is 18.2 Å². The van der Waals surface area contributed by atoms with Crippen LogP contribution in [0.2, 0.25) is 0 Å². The zero-order valence-electron chi connectivity index (χ0n) is 11.9. The van der Waals surface area contributed by atoms with Crippen molar-refractivity contribution in [3.05, 3.63) is 77.5 Å². The molecule has 0 bridgehead atoms. The average molecular weight is 313 g/mol. The molecule has 2 N–H and O–H groups in total. The molecule has 3 rings (SSSR count). The van der Waals surface area contributed by atoms with Crippen LogP contribution in [-0.4, -0.2) is 26.1 Å². The molecular weight excluding hydrogens is 301 g/mol. The summed E-state index contributed by atoms with van der Waals surface area (Å²) in [5.41, 5.74) is 1.17. The van der Waals surface area contributed by atoms with E-state index in [4.69, 9.17) is 4.42 Å². The highest BCUT2D eigenvalue weighted by Gasteiger charge is 2.13. The predicted octanol–water partition coefficient (Wildman–Crippen LogP) is 2.91. The molecule has 2 aromatic heterocycles. The quantitative estimate of drug-likeness (QED) is 0.429. The topological polar surface area (TPSA) is 92.0 Å². The van der Waals surface area contributed by atoms with Gasteiger partial charge in [0, 0.05) is 12.5 Å². The van der Waals surface area contributed by atoms with Crippen molar-refractivity contribution in [2.45, 2.75) is 6.42 Å². The number of carbonyl (C=O) groups excluding carboxylic acids is 1. The summed E-state index contributed by atoms with van der Waals surface area (Å²) in [4.78, 5) is 15.7. The van der Waals surface area contributed by atoms with E-state index in [0.29, 0.717) is 17.5 Å². The molecule has 0 amide bonds. The number of allylic oxidation sites excluding steroid dienone is 1. The molecule has 0 aliphatic heterocycles. The highest BCUT2D eigenvalue weighted by Crippen LogP contribution is 2.17. The van der Waals surface area contributed by atoms with Crippen LogP contribution in [0, 0.1) is 5.82 Å². The number of benzene rings is 1. The van der Waals surface area contributed by atoms with Crippen molar-refractivity contribution in [1.82, 2.24) is 15.2 Å². The van der Waals surface area contributed by atoms with Gasteiger partial charge in [-0.25, -0.2) is 9.37 Å². The van der Waals surface area contributed by atoms with Gasteiger partial charge in [-0.15, -0.1) is 0 Å². The van der Waals surface area contributed by atoms with Crippen molar-refractivity contribution >= 4 is 11.5 Å². The van der Waals surface area contributed by atoms with Crippen molar-refractivity contribution in [3.8, 4) is 0 Å². The van der Waals surface area contributed by atoms with Gasteiger partial charge in [0.2, 0.25) is 5.78 Å². The number of carbonyl (C=O) groups is 1. The normalized spacial score (nSPS) is 11.6. The molecule has 0 saturated carbocycles. The van der Waals surface area contributed by atoms with Crippen molar-refractivity contribution in [2.75, 3.05) is 0 Å². The summed E-state index contributed by atoms with van der Waals surface area (Å²) in [5.74, 6) is -1.07. The van der Waals surface area contributed by atoms with Gasteiger partial charge < -0.3 is 9.52 Å². The second kappa shape index (κ2) is 6.27. The monoisotopic (exact) mass is 313 g/mol. The van der Waals surface area contributed by atoms with Crippen LogP contribution in [0.3, 0.4) is 0 Å². The highest BCUT2D eigenvalue weighted by molar-refractivity contribution is 6.05. The van der Waals surface area contributed by atoms with Crippen LogP contribution in [0.5, 0.6) is 0 Å². The maximum absolute atomic E-state index is 13.6. The van der Waals surface area contributed by atoms with Crippen LogP contribution in [0.15, 0.2) is 53.4 Å². The Labute approximate surface area is 130 Å². The number of hydrogen-bond acceptors (Lipinski definition) is 5. The van der Waals surface area contributed by atoms with Gasteiger partial charge in [-0.3, -0.25) is 9.89 Å². The number of ketones is 1. The molecule has 1 aromatic carbocycles. The van der Waals surface area contributed by atoms with E-state index < -0.39 is 5.78 Å². The number of halogens is 1. The first kappa shape index (κ1) is 14.7. The Morgan fingerprint density at radius 1 is 1.39 bits per heavy atom. The van der Waals surface area contributed by atoms with E-state index >= 15 is 0 Å². The lowest BCUT2D eigenvalue weighted by atomic mass is 10.1. The van der Waals surface area contributed by atoms with Gasteiger partial charge >= 0.3 is 0 Å². The van der Waals surface area contributed by atoms with E-state index in [2.05, 4.69) is 15.2 Å². The van der Waals surface area contributed by atoms with Gasteiger partial charge in [0.25, 0.3) is 0 Å². The average Bonchev–Trinajstić information content (AvgIpc) is 3.21. The van der Waals surface area contributed by atoms with E-state index in [1.807, 2.05) is 0 Å². The first-order valence-corrected chi connectivity index (χ1v) is 6.75. The SMILES string of the molecule is O=C(C=C(O)c1ncn[nH]1)c1cc(Cc2ccccc2F)co1. The van der Waals surface area contributed by atoms with Gasteiger partial charge in [-0.2, -0.15) is 5.10 Å². The first-order chi connectivity index (χ1) is 11.1. The first-order valence-electron chi connectivity index (χ1n) is 6.75. The molecule has 0 spiro atoms. The third-order valence-corrected chi connectivity index (χ3v) is 3.17. The molecule has 2 heterocycles. The van der Waals surface area contributed by atoms with Crippen LogP contribution in [-0.2, 0) is 6.42 Å². The fourth-order valence-corrected chi connectivity index (χ4v) is 2.05. The zero-order chi connectivity index (χ0) is 16.2. The summed E-state index contributed by atoms with van der Waals surface area (Å²) in [6.07, 6.45) is 3.88. The Bertz CT molecular complexity index is 853. The number of nitrogens with one attached hydrogen (secondary N) is 1. The number of aliphatic hydroxyl groups excluding tert-OH is 1. The fourth-order valence-electron chi connectivity index (χ4n) is 2.05. The van der Waals surface area contributed by atoms with Crippen molar-refractivity contribution in [2.24, 2.45) is 0 Å². The summed E-state index contributed by atoms with van der Waals surface area (Å²) >= 11 is 0. The second-order valence-electron chi connectivity index (χ2n) is 4.82. The third-order valence-electron chi connectivity index (χ3n) is 3.17. The Morgan fingerprint density at radius 3 is 2.96 bits per heavy atom. The standard InChI is InChI=1S/C16H12FN3O3/c17-12-4-2-1-3-11(12)5-10-6-15(23-8-10)13(21)7-14(22)16-18-9-19-20-16/h1-4,6-9,22H,5H2,(H,18,19,20). The smallest absolute Gasteiger partial charge is 0.224 e. The minimum atomic E-state index is -0.529. The molecule has 23 heavy (non-hydrogen) atoms. The second-order valence-corrected chi connectivity index (χ2v) is 4.82. The molecule has 0 aliphatic rings. The van der Waals surface area contributed by atoms with Gasteiger partial charge in [0.15, 0.2) is 17.3 Å². The summed E-state index contributed by atoms with van der Waals surface area (Å²) in [7, 11) is 0. The summed E-state index contributed by atoms with van der Waals surface area (Å²) in [5, 5.41) is 15.7. The Kier molecular flexibility index (Phi) is 4.01. The molecule has 116 valence electrons. The van der Waals surface area contributed by atoms with E-state index in [1.165, 1.54) is 24.7 Å². The number of hydrogen-bond donors (Lipinski definition) is 2. The van der Waals surface area contributed by atoms with Crippen molar-refractivity contribution < 1.29 is 18.7 Å². The third kappa shape index (κ3) is 3.34. The molecule has 0 saturated heterocycles. The Balaban J connectivity index is 1.75. The van der Waals surface area contributed by atoms with Gasteiger partial charge in [-0.05, 0) is 23.3 Å². The number of H-pyrrole nitrogens is 1. The number of rotatable bonds is 5.